The lowest BCUT2D eigenvalue weighted by molar-refractivity contribution is 0.350. The highest BCUT2D eigenvalue weighted by atomic mass is 16.5. The maximum Gasteiger partial charge on any atom is 0.160 e. The average Bonchev–Trinajstić information content (AvgIpc) is 2.38. The van der Waals surface area contributed by atoms with Crippen molar-refractivity contribution < 1.29 is 9.47 Å². The summed E-state index contributed by atoms with van der Waals surface area (Å²) >= 11 is 0. The number of methoxy groups -OCH3 is 2. The number of rotatable bonds is 3. The van der Waals surface area contributed by atoms with Crippen LogP contribution in [-0.2, 0) is 0 Å². The van der Waals surface area contributed by atoms with Gasteiger partial charge in [0.15, 0.2) is 11.5 Å². The Labute approximate surface area is 103 Å². The number of nitrogens with two attached hydrogens (primary N) is 1. The van der Waals surface area contributed by atoms with Crippen LogP contribution < -0.4 is 15.2 Å². The number of hydrogen-bond donors (Lipinski definition) is 1. The Morgan fingerprint density at radius 2 is 1.76 bits per heavy atom. The van der Waals surface area contributed by atoms with Gasteiger partial charge in [0, 0.05) is 6.04 Å². The van der Waals surface area contributed by atoms with Crippen LogP contribution >= 0.6 is 0 Å². The molecule has 94 valence electrons. The van der Waals surface area contributed by atoms with Crippen LogP contribution in [0.2, 0.25) is 0 Å². The molecule has 3 nitrogen and oxygen atoms in total. The van der Waals surface area contributed by atoms with Crippen LogP contribution in [0.5, 0.6) is 11.5 Å². The minimum Gasteiger partial charge on any atom is -0.493 e. The van der Waals surface area contributed by atoms with E-state index in [0.717, 1.165) is 17.9 Å². The van der Waals surface area contributed by atoms with Gasteiger partial charge < -0.3 is 15.2 Å². The molecule has 0 aliphatic heterocycles. The van der Waals surface area contributed by atoms with Crippen molar-refractivity contribution in [1.29, 1.82) is 0 Å². The molecule has 1 aromatic carbocycles. The zero-order valence-corrected chi connectivity index (χ0v) is 10.6. The molecule has 0 unspecified atom stereocenters. The highest BCUT2D eigenvalue weighted by molar-refractivity contribution is 5.44. The van der Waals surface area contributed by atoms with E-state index < -0.39 is 0 Å². The Morgan fingerprint density at radius 3 is 2.41 bits per heavy atom. The molecule has 1 fully saturated rings. The van der Waals surface area contributed by atoms with E-state index in [1.54, 1.807) is 14.2 Å². The summed E-state index contributed by atoms with van der Waals surface area (Å²) < 4.78 is 10.6. The van der Waals surface area contributed by atoms with E-state index in [2.05, 4.69) is 12.1 Å². The Morgan fingerprint density at radius 1 is 1.06 bits per heavy atom. The largest absolute Gasteiger partial charge is 0.493 e. The molecule has 1 aliphatic rings. The zero-order chi connectivity index (χ0) is 12.3. The van der Waals surface area contributed by atoms with E-state index in [-0.39, 0.29) is 6.04 Å². The van der Waals surface area contributed by atoms with Crippen molar-refractivity contribution in [2.24, 2.45) is 5.73 Å². The third-order valence-corrected chi connectivity index (χ3v) is 3.66. The van der Waals surface area contributed by atoms with Gasteiger partial charge in [0.2, 0.25) is 0 Å². The fourth-order valence-corrected chi connectivity index (χ4v) is 2.66. The third kappa shape index (κ3) is 2.55. The molecule has 0 saturated heterocycles. The maximum atomic E-state index is 6.20. The quantitative estimate of drug-likeness (QED) is 0.876. The Bertz CT molecular complexity index is 378. The van der Waals surface area contributed by atoms with Crippen molar-refractivity contribution in [3.8, 4) is 11.5 Å². The fourth-order valence-electron chi connectivity index (χ4n) is 2.66. The zero-order valence-electron chi connectivity index (χ0n) is 10.6. The number of benzene rings is 1. The first kappa shape index (κ1) is 12.2. The van der Waals surface area contributed by atoms with Gasteiger partial charge in [-0.3, -0.25) is 0 Å². The van der Waals surface area contributed by atoms with Gasteiger partial charge in [-0.05, 0) is 36.5 Å². The van der Waals surface area contributed by atoms with Crippen molar-refractivity contribution in [3.63, 3.8) is 0 Å². The molecule has 0 amide bonds. The van der Waals surface area contributed by atoms with E-state index in [1.807, 2.05) is 6.07 Å². The molecular formula is C14H21NO2. The average molecular weight is 235 g/mol. The first-order valence-corrected chi connectivity index (χ1v) is 6.23. The molecule has 17 heavy (non-hydrogen) atoms. The second-order valence-electron chi connectivity index (χ2n) is 4.67. The van der Waals surface area contributed by atoms with Gasteiger partial charge in [-0.15, -0.1) is 0 Å². The molecule has 0 aromatic heterocycles. The number of hydrogen-bond acceptors (Lipinski definition) is 3. The van der Waals surface area contributed by atoms with Crippen LogP contribution in [0.1, 0.15) is 37.2 Å². The third-order valence-electron chi connectivity index (χ3n) is 3.66. The second-order valence-corrected chi connectivity index (χ2v) is 4.67. The summed E-state index contributed by atoms with van der Waals surface area (Å²) in [6.07, 6.45) is 4.83. The van der Waals surface area contributed by atoms with E-state index in [0.29, 0.717) is 5.92 Å². The normalized spacial score (nSPS) is 24.4. The molecule has 1 aromatic rings. The lowest BCUT2D eigenvalue weighted by Gasteiger charge is -2.29. The smallest absolute Gasteiger partial charge is 0.160 e. The van der Waals surface area contributed by atoms with Gasteiger partial charge in [0.05, 0.1) is 14.2 Å². The van der Waals surface area contributed by atoms with Crippen LogP contribution in [0.3, 0.4) is 0 Å². The summed E-state index contributed by atoms with van der Waals surface area (Å²) in [6.45, 7) is 0. The fraction of sp³-hybridized carbons (Fsp3) is 0.571. The Hall–Kier alpha value is -1.22. The molecule has 0 heterocycles. The predicted octanol–water partition coefficient (Wildman–Crippen LogP) is 2.69. The van der Waals surface area contributed by atoms with Gasteiger partial charge in [0.1, 0.15) is 0 Å². The molecule has 2 atom stereocenters. The monoisotopic (exact) mass is 235 g/mol. The van der Waals surface area contributed by atoms with E-state index >= 15 is 0 Å². The minimum atomic E-state index is 0.279. The molecule has 2 rings (SSSR count). The van der Waals surface area contributed by atoms with Crippen LogP contribution in [0, 0.1) is 0 Å². The molecule has 3 heteroatoms. The van der Waals surface area contributed by atoms with Crippen molar-refractivity contribution in [1.82, 2.24) is 0 Å². The maximum absolute atomic E-state index is 6.20. The van der Waals surface area contributed by atoms with Crippen LogP contribution in [-0.4, -0.2) is 20.3 Å². The summed E-state index contributed by atoms with van der Waals surface area (Å²) in [5.74, 6) is 2.03. The Balaban J connectivity index is 2.25. The molecule has 2 N–H and O–H groups in total. The summed E-state index contributed by atoms with van der Waals surface area (Å²) in [5, 5.41) is 0. The van der Waals surface area contributed by atoms with E-state index in [4.69, 9.17) is 15.2 Å². The van der Waals surface area contributed by atoms with E-state index in [9.17, 15) is 0 Å². The molecular weight excluding hydrogens is 214 g/mol. The first-order valence-electron chi connectivity index (χ1n) is 6.23. The summed E-state index contributed by atoms with van der Waals surface area (Å²) in [7, 11) is 3.33. The standard InChI is InChI=1S/C14H21NO2/c1-16-13-8-7-10(9-14(13)17-2)11-5-3-4-6-12(11)15/h7-9,11-12H,3-6,15H2,1-2H3/t11-,12-/m0/s1. The highest BCUT2D eigenvalue weighted by Gasteiger charge is 2.24. The lowest BCUT2D eigenvalue weighted by atomic mass is 9.80. The predicted molar refractivity (Wildman–Crippen MR) is 68.7 cm³/mol. The summed E-state index contributed by atoms with van der Waals surface area (Å²) in [6, 6.07) is 6.42. The minimum absolute atomic E-state index is 0.279. The molecule has 1 saturated carbocycles. The number of ether oxygens (including phenoxy) is 2. The summed E-state index contributed by atoms with van der Waals surface area (Å²) in [5.41, 5.74) is 7.47. The van der Waals surface area contributed by atoms with Crippen LogP contribution in [0.25, 0.3) is 0 Å². The van der Waals surface area contributed by atoms with Crippen LogP contribution in [0.15, 0.2) is 18.2 Å². The molecule has 1 aliphatic carbocycles. The first-order chi connectivity index (χ1) is 8.26. The van der Waals surface area contributed by atoms with E-state index in [1.165, 1.54) is 24.8 Å². The van der Waals surface area contributed by atoms with Crippen molar-refractivity contribution in [3.05, 3.63) is 23.8 Å². The van der Waals surface area contributed by atoms with Crippen molar-refractivity contribution >= 4 is 0 Å². The highest BCUT2D eigenvalue weighted by Crippen LogP contribution is 2.36. The summed E-state index contributed by atoms with van der Waals surface area (Å²) in [4.78, 5) is 0. The molecule has 0 bridgehead atoms. The van der Waals surface area contributed by atoms with Crippen molar-refractivity contribution in [2.45, 2.75) is 37.6 Å². The lowest BCUT2D eigenvalue weighted by Crippen LogP contribution is -2.31. The van der Waals surface area contributed by atoms with Gasteiger partial charge >= 0.3 is 0 Å². The molecule has 0 radical (unpaired) electrons. The van der Waals surface area contributed by atoms with Gasteiger partial charge in [-0.2, -0.15) is 0 Å². The topological polar surface area (TPSA) is 44.5 Å². The van der Waals surface area contributed by atoms with Crippen molar-refractivity contribution in [2.75, 3.05) is 14.2 Å². The second kappa shape index (κ2) is 5.41. The Kier molecular flexibility index (Phi) is 3.89. The molecule has 0 spiro atoms. The van der Waals surface area contributed by atoms with Gasteiger partial charge in [0.25, 0.3) is 0 Å². The van der Waals surface area contributed by atoms with Gasteiger partial charge in [-0.25, -0.2) is 0 Å². The van der Waals surface area contributed by atoms with Crippen LogP contribution in [0.4, 0.5) is 0 Å². The SMILES string of the molecule is COc1ccc([C@@H]2CCCC[C@@H]2N)cc1OC. The van der Waals surface area contributed by atoms with Gasteiger partial charge in [-0.1, -0.05) is 18.9 Å².